The number of hydrogen-bond acceptors (Lipinski definition) is 4. The molecule has 17 heavy (non-hydrogen) atoms. The maximum absolute atomic E-state index is 11.8. The summed E-state index contributed by atoms with van der Waals surface area (Å²) in [7, 11) is 0. The summed E-state index contributed by atoms with van der Waals surface area (Å²) in [5, 5.41) is 4.93. The number of carbonyl (C=O) groups excluding carboxylic acids is 1. The normalized spacial score (nSPS) is 27.5. The molecule has 94 valence electrons. The van der Waals surface area contributed by atoms with Crippen LogP contribution < -0.4 is 11.1 Å². The van der Waals surface area contributed by atoms with Crippen LogP contribution in [0.15, 0.2) is 17.5 Å². The van der Waals surface area contributed by atoms with Gasteiger partial charge in [-0.1, -0.05) is 6.07 Å². The van der Waals surface area contributed by atoms with E-state index in [4.69, 9.17) is 10.5 Å². The fourth-order valence-electron chi connectivity index (χ4n) is 2.04. The van der Waals surface area contributed by atoms with Crippen LogP contribution in [0.4, 0.5) is 0 Å². The van der Waals surface area contributed by atoms with Gasteiger partial charge in [-0.05, 0) is 24.8 Å². The number of carbonyl (C=O) groups is 1. The molecule has 2 rings (SSSR count). The predicted molar refractivity (Wildman–Crippen MR) is 68.0 cm³/mol. The number of amides is 1. The quantitative estimate of drug-likeness (QED) is 0.821. The van der Waals surface area contributed by atoms with Gasteiger partial charge >= 0.3 is 0 Å². The Balaban J connectivity index is 1.81. The maximum atomic E-state index is 11.8. The van der Waals surface area contributed by atoms with E-state index < -0.39 is 0 Å². The van der Waals surface area contributed by atoms with Crippen LogP contribution in [-0.4, -0.2) is 30.7 Å². The first kappa shape index (κ1) is 12.5. The lowest BCUT2D eigenvalue weighted by atomic mass is 9.83. The average molecular weight is 254 g/mol. The highest BCUT2D eigenvalue weighted by molar-refractivity contribution is 7.10. The Hall–Kier alpha value is -0.910. The topological polar surface area (TPSA) is 64.3 Å². The summed E-state index contributed by atoms with van der Waals surface area (Å²) in [4.78, 5) is 12.9. The Labute approximate surface area is 105 Å². The van der Waals surface area contributed by atoms with Gasteiger partial charge in [0.15, 0.2) is 0 Å². The predicted octanol–water partition coefficient (Wildman–Crippen LogP) is 0.912. The number of ether oxygens (including phenoxy) is 1. The molecule has 3 atom stereocenters. The van der Waals surface area contributed by atoms with Crippen LogP contribution in [0.2, 0.25) is 0 Å². The SMILES string of the molecule is CCOC1CC(N)C1NC(=O)Cc1cccs1. The van der Waals surface area contributed by atoms with E-state index in [1.807, 2.05) is 24.4 Å². The fraction of sp³-hybridized carbons (Fsp3) is 0.583. The summed E-state index contributed by atoms with van der Waals surface area (Å²) in [6.07, 6.45) is 1.35. The minimum Gasteiger partial charge on any atom is -0.376 e. The highest BCUT2D eigenvalue weighted by Gasteiger charge is 2.40. The molecule has 0 aliphatic heterocycles. The molecule has 1 aliphatic rings. The molecule has 0 radical (unpaired) electrons. The van der Waals surface area contributed by atoms with E-state index in [9.17, 15) is 4.79 Å². The van der Waals surface area contributed by atoms with E-state index in [1.54, 1.807) is 11.3 Å². The molecule has 0 aromatic carbocycles. The van der Waals surface area contributed by atoms with Crippen LogP contribution in [0.1, 0.15) is 18.2 Å². The van der Waals surface area contributed by atoms with Crippen molar-refractivity contribution in [1.29, 1.82) is 0 Å². The van der Waals surface area contributed by atoms with Gasteiger partial charge in [0.25, 0.3) is 0 Å². The van der Waals surface area contributed by atoms with Gasteiger partial charge in [-0.15, -0.1) is 11.3 Å². The van der Waals surface area contributed by atoms with E-state index in [0.717, 1.165) is 11.3 Å². The molecule has 3 unspecified atom stereocenters. The molecule has 4 nitrogen and oxygen atoms in total. The Morgan fingerprint density at radius 1 is 1.71 bits per heavy atom. The van der Waals surface area contributed by atoms with Crippen molar-refractivity contribution in [2.75, 3.05) is 6.61 Å². The lowest BCUT2D eigenvalue weighted by molar-refractivity contribution is -0.125. The number of thiophene rings is 1. The summed E-state index contributed by atoms with van der Waals surface area (Å²) >= 11 is 1.59. The third-order valence-electron chi connectivity index (χ3n) is 2.99. The largest absolute Gasteiger partial charge is 0.376 e. The minimum absolute atomic E-state index is 0.0253. The molecule has 1 saturated carbocycles. The highest BCUT2D eigenvalue weighted by atomic mass is 32.1. The third kappa shape index (κ3) is 3.06. The number of rotatable bonds is 5. The van der Waals surface area contributed by atoms with Crippen molar-refractivity contribution in [1.82, 2.24) is 5.32 Å². The van der Waals surface area contributed by atoms with Crippen molar-refractivity contribution in [3.05, 3.63) is 22.4 Å². The summed E-state index contributed by atoms with van der Waals surface area (Å²) < 4.78 is 5.50. The molecule has 0 spiro atoms. The van der Waals surface area contributed by atoms with Gasteiger partial charge in [0.05, 0.1) is 18.6 Å². The van der Waals surface area contributed by atoms with Crippen LogP contribution in [0.3, 0.4) is 0 Å². The van der Waals surface area contributed by atoms with E-state index in [2.05, 4.69) is 5.32 Å². The second kappa shape index (κ2) is 5.62. The first-order valence-corrected chi connectivity index (χ1v) is 6.77. The van der Waals surface area contributed by atoms with Crippen LogP contribution in [0.25, 0.3) is 0 Å². The number of hydrogen-bond donors (Lipinski definition) is 2. The van der Waals surface area contributed by atoms with Gasteiger partial charge < -0.3 is 15.8 Å². The molecule has 1 aliphatic carbocycles. The molecular weight excluding hydrogens is 236 g/mol. The average Bonchev–Trinajstić information content (AvgIpc) is 2.79. The molecular formula is C12H18N2O2S. The van der Waals surface area contributed by atoms with Crippen molar-refractivity contribution in [3.8, 4) is 0 Å². The monoisotopic (exact) mass is 254 g/mol. The van der Waals surface area contributed by atoms with Crippen LogP contribution >= 0.6 is 11.3 Å². The molecule has 0 bridgehead atoms. The fourth-order valence-corrected chi connectivity index (χ4v) is 2.74. The zero-order valence-electron chi connectivity index (χ0n) is 9.89. The third-order valence-corrected chi connectivity index (χ3v) is 3.87. The molecule has 0 saturated heterocycles. The van der Waals surface area contributed by atoms with Gasteiger partial charge in [-0.3, -0.25) is 4.79 Å². The van der Waals surface area contributed by atoms with Crippen molar-refractivity contribution in [2.45, 2.75) is 38.0 Å². The molecule has 1 aromatic rings. The zero-order valence-corrected chi connectivity index (χ0v) is 10.7. The summed E-state index contributed by atoms with van der Waals surface area (Å²) in [5.41, 5.74) is 5.87. The molecule has 5 heteroatoms. The van der Waals surface area contributed by atoms with Crippen LogP contribution in [0, 0.1) is 0 Å². The Morgan fingerprint density at radius 2 is 2.53 bits per heavy atom. The summed E-state index contributed by atoms with van der Waals surface area (Å²) in [5.74, 6) is 0.0253. The minimum atomic E-state index is -0.0255. The molecule has 3 N–H and O–H groups in total. The van der Waals surface area contributed by atoms with E-state index >= 15 is 0 Å². The van der Waals surface area contributed by atoms with Crippen molar-refractivity contribution < 1.29 is 9.53 Å². The zero-order chi connectivity index (χ0) is 12.3. The van der Waals surface area contributed by atoms with Crippen molar-refractivity contribution in [2.24, 2.45) is 5.73 Å². The number of nitrogens with two attached hydrogens (primary N) is 1. The first-order chi connectivity index (χ1) is 8.20. The van der Waals surface area contributed by atoms with E-state index in [1.165, 1.54) is 0 Å². The Bertz CT molecular complexity index is 365. The maximum Gasteiger partial charge on any atom is 0.225 e. The van der Waals surface area contributed by atoms with Gasteiger partial charge in [-0.2, -0.15) is 0 Å². The van der Waals surface area contributed by atoms with E-state index in [-0.39, 0.29) is 24.1 Å². The van der Waals surface area contributed by atoms with Crippen LogP contribution in [-0.2, 0) is 16.0 Å². The van der Waals surface area contributed by atoms with E-state index in [0.29, 0.717) is 13.0 Å². The lowest BCUT2D eigenvalue weighted by Crippen LogP contribution is -2.64. The standard InChI is InChI=1S/C12H18N2O2S/c1-2-16-10-7-9(13)12(10)14-11(15)6-8-4-3-5-17-8/h3-5,9-10,12H,2,6-7,13H2,1H3,(H,14,15). The van der Waals surface area contributed by atoms with Crippen molar-refractivity contribution >= 4 is 17.2 Å². The lowest BCUT2D eigenvalue weighted by Gasteiger charge is -2.42. The molecule has 1 aromatic heterocycles. The smallest absolute Gasteiger partial charge is 0.225 e. The second-order valence-electron chi connectivity index (χ2n) is 4.24. The van der Waals surface area contributed by atoms with Gasteiger partial charge in [0.2, 0.25) is 5.91 Å². The summed E-state index contributed by atoms with van der Waals surface area (Å²) in [6.45, 7) is 2.61. The highest BCUT2D eigenvalue weighted by Crippen LogP contribution is 2.22. The van der Waals surface area contributed by atoms with Gasteiger partial charge in [0, 0.05) is 17.5 Å². The second-order valence-corrected chi connectivity index (χ2v) is 5.28. The van der Waals surface area contributed by atoms with Gasteiger partial charge in [0.1, 0.15) is 0 Å². The number of nitrogens with one attached hydrogen (secondary N) is 1. The molecule has 1 amide bonds. The Morgan fingerprint density at radius 3 is 3.12 bits per heavy atom. The molecule has 1 heterocycles. The summed E-state index contributed by atoms with van der Waals surface area (Å²) in [6, 6.07) is 3.91. The van der Waals surface area contributed by atoms with Crippen LogP contribution in [0.5, 0.6) is 0 Å². The van der Waals surface area contributed by atoms with Gasteiger partial charge in [-0.25, -0.2) is 0 Å². The molecule has 1 fully saturated rings. The van der Waals surface area contributed by atoms with Crippen molar-refractivity contribution in [3.63, 3.8) is 0 Å². The Kier molecular flexibility index (Phi) is 4.15. The first-order valence-electron chi connectivity index (χ1n) is 5.89.